The highest BCUT2D eigenvalue weighted by atomic mass is 32.1. The molecule has 0 saturated carbocycles. The zero-order chi connectivity index (χ0) is 25.9. The minimum atomic E-state index is -4.77. The lowest BCUT2D eigenvalue weighted by atomic mass is 10.1. The molecule has 2 aliphatic rings. The molecule has 3 heterocycles. The van der Waals surface area contributed by atoms with Crippen molar-refractivity contribution >= 4 is 20.0 Å². The predicted octanol–water partition coefficient (Wildman–Crippen LogP) is 2.15. The van der Waals surface area contributed by atoms with Gasteiger partial charge in [0.25, 0.3) is 5.85 Å². The standard InChI is InChI=1S/C20H20FN2O8PS/c1-4-12-7-23(19(26)22-17(12)33)18-14(24)16(25)20(21,30-18)9-29-32(27)28-8-13-6-10(2)5-11(3)15(13)31-32/h1,5-7,14,16,18,24-25H,8-9H2,2-3H3,(H,22,26,33)/t14-,16+,18-,20-,32?/m1/s1/i9D2. The summed E-state index contributed by atoms with van der Waals surface area (Å²) < 4.78 is 65.8. The number of hydrogen-bond acceptors (Lipinski definition) is 9. The van der Waals surface area contributed by atoms with E-state index in [1.165, 1.54) is 0 Å². The van der Waals surface area contributed by atoms with Crippen molar-refractivity contribution in [2.24, 2.45) is 0 Å². The second-order valence-electron chi connectivity index (χ2n) is 7.52. The van der Waals surface area contributed by atoms with Crippen molar-refractivity contribution in [3.05, 3.63) is 55.7 Å². The third-order valence-electron chi connectivity index (χ3n) is 5.06. The number of H-pyrrole nitrogens is 1. The topological polar surface area (TPSA) is 132 Å². The van der Waals surface area contributed by atoms with Gasteiger partial charge in [-0.3, -0.25) is 18.6 Å². The molecule has 33 heavy (non-hydrogen) atoms. The van der Waals surface area contributed by atoms with E-state index < -0.39 is 44.4 Å². The average molecular weight is 500 g/mol. The molecule has 0 bridgehead atoms. The Kier molecular flexibility index (Phi) is 5.43. The number of fused-ring (bicyclic) bond motifs is 1. The van der Waals surface area contributed by atoms with Crippen LogP contribution in [-0.2, 0) is 25.0 Å². The summed E-state index contributed by atoms with van der Waals surface area (Å²) in [6.45, 7) is -0.506. The second-order valence-corrected chi connectivity index (χ2v) is 9.44. The molecular weight excluding hydrogens is 478 g/mol. The summed E-state index contributed by atoms with van der Waals surface area (Å²) in [5, 5.41) is 20.8. The number of aromatic amines is 1. The molecule has 10 nitrogen and oxygen atoms in total. The van der Waals surface area contributed by atoms with E-state index in [1.807, 2.05) is 6.92 Å². The SMILES string of the molecule is [2H]C([2H])(OP1(=O)OCc2cc(C)cc(C)c2O1)[C@@]1(F)O[C@@H](n2cc(C#C)c(=S)[nH]c2=O)[C@H](O)[C@@H]1O. The number of nitrogens with one attached hydrogen (secondary N) is 1. The Morgan fingerprint density at radius 1 is 1.52 bits per heavy atom. The largest absolute Gasteiger partial charge is 0.530 e. The van der Waals surface area contributed by atoms with E-state index >= 15 is 4.39 Å². The highest BCUT2D eigenvalue weighted by Gasteiger charge is 2.57. The number of aliphatic hydroxyl groups is 2. The van der Waals surface area contributed by atoms with Crippen molar-refractivity contribution in [3.63, 3.8) is 0 Å². The van der Waals surface area contributed by atoms with E-state index in [-0.39, 0.29) is 22.6 Å². The molecule has 3 N–H and O–H groups in total. The van der Waals surface area contributed by atoms with Gasteiger partial charge < -0.3 is 19.5 Å². The number of rotatable bonds is 4. The Labute approximate surface area is 195 Å². The maximum atomic E-state index is 15.9. The third-order valence-corrected chi connectivity index (χ3v) is 6.55. The molecular formula is C20H20FN2O8PS. The highest BCUT2D eigenvalue weighted by Crippen LogP contribution is 2.56. The van der Waals surface area contributed by atoms with E-state index in [4.69, 9.17) is 39.7 Å². The van der Waals surface area contributed by atoms with Gasteiger partial charge in [0.2, 0.25) is 0 Å². The maximum Gasteiger partial charge on any atom is 0.530 e. The maximum absolute atomic E-state index is 15.9. The molecule has 0 radical (unpaired) electrons. The Hall–Kier alpha value is -2.36. The lowest BCUT2D eigenvalue weighted by Gasteiger charge is -2.29. The van der Waals surface area contributed by atoms with Gasteiger partial charge in [0.05, 0.1) is 14.9 Å². The molecule has 1 unspecified atom stereocenters. The second kappa shape index (κ2) is 8.45. The molecule has 2 aromatic rings. The fourth-order valence-corrected chi connectivity index (χ4v) is 4.86. The molecule has 1 aromatic carbocycles. The molecule has 1 aromatic heterocycles. The van der Waals surface area contributed by atoms with E-state index in [0.29, 0.717) is 15.7 Å². The highest BCUT2D eigenvalue weighted by molar-refractivity contribution is 7.71. The smallest absolute Gasteiger partial charge is 0.403 e. The van der Waals surface area contributed by atoms with Gasteiger partial charge in [-0.05, 0) is 19.4 Å². The lowest BCUT2D eigenvalue weighted by molar-refractivity contribution is -0.205. The molecule has 4 rings (SSSR count). The van der Waals surface area contributed by atoms with Crippen molar-refractivity contribution in [3.8, 4) is 18.1 Å². The lowest BCUT2D eigenvalue weighted by Crippen LogP contribution is -2.43. The van der Waals surface area contributed by atoms with Crippen LogP contribution in [0.1, 0.15) is 31.2 Å². The zero-order valence-corrected chi connectivity index (χ0v) is 19.0. The molecule has 13 heteroatoms. The number of hydrogen-bond donors (Lipinski definition) is 3. The number of nitrogens with zero attached hydrogens (tertiary/aromatic N) is 1. The van der Waals surface area contributed by atoms with Gasteiger partial charge in [0.1, 0.15) is 29.2 Å². The number of ether oxygens (including phenoxy) is 1. The van der Waals surface area contributed by atoms with Crippen LogP contribution < -0.4 is 10.2 Å². The summed E-state index contributed by atoms with van der Waals surface area (Å²) in [5.41, 5.74) is 0.950. The first-order chi connectivity index (χ1) is 16.2. The van der Waals surface area contributed by atoms with Gasteiger partial charge in [0.15, 0.2) is 6.23 Å². The van der Waals surface area contributed by atoms with E-state index in [0.717, 1.165) is 11.8 Å². The fraction of sp³-hybridized carbons (Fsp3) is 0.400. The summed E-state index contributed by atoms with van der Waals surface area (Å²) in [7, 11) is -4.77. The minimum absolute atomic E-state index is 0.0155. The number of aromatic nitrogens is 2. The van der Waals surface area contributed by atoms with Gasteiger partial charge in [-0.1, -0.05) is 35.8 Å². The quantitative estimate of drug-likeness (QED) is 0.328. The van der Waals surface area contributed by atoms with Crippen molar-refractivity contribution in [1.29, 1.82) is 0 Å². The third kappa shape index (κ3) is 4.29. The van der Waals surface area contributed by atoms with Gasteiger partial charge in [-0.2, -0.15) is 0 Å². The fourth-order valence-electron chi connectivity index (χ4n) is 3.50. The molecule has 2 aliphatic heterocycles. The first-order valence-electron chi connectivity index (χ1n) is 10.5. The van der Waals surface area contributed by atoms with Gasteiger partial charge in [0, 0.05) is 11.8 Å². The van der Waals surface area contributed by atoms with Crippen LogP contribution >= 0.6 is 20.0 Å². The number of benzene rings is 1. The zero-order valence-electron chi connectivity index (χ0n) is 19.3. The van der Waals surface area contributed by atoms with Crippen molar-refractivity contribution in [2.45, 2.75) is 44.7 Å². The monoisotopic (exact) mass is 500 g/mol. The Morgan fingerprint density at radius 3 is 2.94 bits per heavy atom. The molecule has 1 saturated heterocycles. The number of alkyl halides is 1. The van der Waals surface area contributed by atoms with Gasteiger partial charge in [-0.15, -0.1) is 6.42 Å². The van der Waals surface area contributed by atoms with Crippen LogP contribution in [-0.4, -0.2) is 44.4 Å². The number of aliphatic hydroxyl groups excluding tert-OH is 2. The normalized spacial score (nSPS) is 32.3. The van der Waals surface area contributed by atoms with Crippen LogP contribution in [0.25, 0.3) is 0 Å². The van der Waals surface area contributed by atoms with Gasteiger partial charge >= 0.3 is 13.5 Å². The van der Waals surface area contributed by atoms with Crippen molar-refractivity contribution in [1.82, 2.24) is 9.55 Å². The molecule has 0 spiro atoms. The summed E-state index contributed by atoms with van der Waals surface area (Å²) in [6.07, 6.45) is -0.450. The van der Waals surface area contributed by atoms with Crippen LogP contribution in [0.5, 0.6) is 5.75 Å². The summed E-state index contributed by atoms with van der Waals surface area (Å²) >= 11 is 4.90. The number of phosphoric ester groups is 1. The van der Waals surface area contributed by atoms with Gasteiger partial charge in [-0.25, -0.2) is 13.8 Å². The average Bonchev–Trinajstić information content (AvgIpc) is 2.99. The molecule has 0 amide bonds. The first-order valence-corrected chi connectivity index (χ1v) is 11.4. The number of halogens is 1. The number of terminal acetylenes is 1. The summed E-state index contributed by atoms with van der Waals surface area (Å²) in [4.78, 5) is 14.5. The van der Waals surface area contributed by atoms with Crippen LogP contribution in [0.15, 0.2) is 23.1 Å². The van der Waals surface area contributed by atoms with Crippen molar-refractivity contribution in [2.75, 3.05) is 6.56 Å². The molecule has 0 aliphatic carbocycles. The molecule has 176 valence electrons. The van der Waals surface area contributed by atoms with Crippen LogP contribution in [0, 0.1) is 30.8 Å². The molecule has 5 atom stereocenters. The minimum Gasteiger partial charge on any atom is -0.403 e. The predicted molar refractivity (Wildman–Crippen MR) is 115 cm³/mol. The van der Waals surface area contributed by atoms with Crippen LogP contribution in [0.2, 0.25) is 0 Å². The van der Waals surface area contributed by atoms with E-state index in [2.05, 4.69) is 10.9 Å². The summed E-state index contributed by atoms with van der Waals surface area (Å²) in [5.74, 6) is -1.53. The van der Waals surface area contributed by atoms with Crippen LogP contribution in [0.4, 0.5) is 4.39 Å². The number of phosphoric acid groups is 1. The number of aryl methyl sites for hydroxylation is 2. The van der Waals surface area contributed by atoms with Crippen LogP contribution in [0.3, 0.4) is 0 Å². The Balaban J connectivity index is 1.65. The van der Waals surface area contributed by atoms with E-state index in [1.54, 1.807) is 19.1 Å². The Bertz CT molecular complexity index is 1410. The van der Waals surface area contributed by atoms with E-state index in [9.17, 15) is 19.6 Å². The summed E-state index contributed by atoms with van der Waals surface area (Å²) in [6, 6.07) is 3.42. The van der Waals surface area contributed by atoms with Crippen molar-refractivity contribution < 1.29 is 40.2 Å². The molecule has 1 fully saturated rings. The Morgan fingerprint density at radius 2 is 2.24 bits per heavy atom. The first kappa shape index (κ1) is 21.2.